The van der Waals surface area contributed by atoms with Gasteiger partial charge in [0.05, 0.1) is 0 Å². The topological polar surface area (TPSA) is 55.1 Å². The van der Waals surface area contributed by atoms with Crippen LogP contribution < -0.4 is 5.32 Å². The second-order valence-corrected chi connectivity index (χ2v) is 5.81. The van der Waals surface area contributed by atoms with Crippen LogP contribution in [0.1, 0.15) is 11.4 Å². The van der Waals surface area contributed by atoms with E-state index in [-0.39, 0.29) is 0 Å². The van der Waals surface area contributed by atoms with Crippen molar-refractivity contribution in [1.29, 1.82) is 0 Å². The van der Waals surface area contributed by atoms with Gasteiger partial charge in [0.25, 0.3) is 0 Å². The first-order valence-electron chi connectivity index (χ1n) is 6.62. The van der Waals surface area contributed by atoms with E-state index < -0.39 is 0 Å². The molecule has 1 atom stereocenters. The Kier molecular flexibility index (Phi) is 4.01. The highest BCUT2D eigenvalue weighted by Crippen LogP contribution is 2.17. The van der Waals surface area contributed by atoms with Gasteiger partial charge in [-0.15, -0.1) is 0 Å². The number of aryl methyl sites for hydroxylation is 1. The largest absolute Gasteiger partial charge is 0.361 e. The number of aliphatic imine (C=N–C) groups is 1. The molecule has 1 N–H and O–H groups in total. The van der Waals surface area contributed by atoms with E-state index in [2.05, 4.69) is 44.7 Å². The fourth-order valence-corrected chi connectivity index (χ4v) is 3.10. The van der Waals surface area contributed by atoms with E-state index in [1.807, 2.05) is 13.1 Å². The molecule has 6 heteroatoms. The fraction of sp³-hybridized carbons (Fsp3) is 0.357. The molecule has 104 valence electrons. The number of aromatic nitrogens is 3. The molecular weight excluding hydrogens is 270 g/mol. The van der Waals surface area contributed by atoms with Crippen LogP contribution in [0.3, 0.4) is 0 Å². The fourth-order valence-electron chi connectivity index (χ4n) is 2.14. The van der Waals surface area contributed by atoms with Crippen LogP contribution in [0.2, 0.25) is 0 Å². The summed E-state index contributed by atoms with van der Waals surface area (Å²) in [6, 6.07) is 11.0. The van der Waals surface area contributed by atoms with Crippen molar-refractivity contribution in [2.75, 3.05) is 5.75 Å². The number of benzene rings is 1. The molecule has 1 aliphatic rings. The molecule has 0 radical (unpaired) electrons. The highest BCUT2D eigenvalue weighted by Gasteiger charge is 2.20. The summed E-state index contributed by atoms with van der Waals surface area (Å²) in [4.78, 5) is 8.70. The van der Waals surface area contributed by atoms with Gasteiger partial charge in [-0.25, -0.2) is 4.98 Å². The Morgan fingerprint density at radius 2 is 2.25 bits per heavy atom. The van der Waals surface area contributed by atoms with Gasteiger partial charge >= 0.3 is 0 Å². The Bertz CT molecular complexity index is 593. The van der Waals surface area contributed by atoms with Gasteiger partial charge in [0.1, 0.15) is 12.9 Å². The third kappa shape index (κ3) is 3.39. The number of nitrogens with one attached hydrogen (secondary N) is 1. The Labute approximate surface area is 122 Å². The molecule has 1 aliphatic heterocycles. The second-order valence-electron chi connectivity index (χ2n) is 4.80. The maximum absolute atomic E-state index is 4.53. The zero-order valence-corrected chi connectivity index (χ0v) is 12.2. The third-order valence-corrected chi connectivity index (χ3v) is 4.17. The van der Waals surface area contributed by atoms with Crippen LogP contribution in [0.15, 0.2) is 41.7 Å². The maximum atomic E-state index is 4.53. The lowest BCUT2D eigenvalue weighted by Crippen LogP contribution is -2.29. The molecule has 1 fully saturated rings. The standard InChI is InChI=1S/C14H17N5S/c1-19-10-16-13(18-19)8-15-14-17-12(9-20-14)7-11-5-3-2-4-6-11/h2-6,10,12H,7-9H2,1H3,(H,15,17). The smallest absolute Gasteiger partial charge is 0.172 e. The normalized spacial score (nSPS) is 20.2. The molecule has 2 heterocycles. The molecular formula is C14H17N5S. The molecule has 1 aromatic carbocycles. The van der Waals surface area contributed by atoms with Crippen molar-refractivity contribution in [3.63, 3.8) is 0 Å². The highest BCUT2D eigenvalue weighted by atomic mass is 32.2. The summed E-state index contributed by atoms with van der Waals surface area (Å²) in [5, 5.41) is 8.69. The van der Waals surface area contributed by atoms with Crippen LogP contribution in [0, 0.1) is 0 Å². The number of rotatable bonds is 4. The second kappa shape index (κ2) is 6.09. The molecule has 1 unspecified atom stereocenters. The predicted octanol–water partition coefficient (Wildman–Crippen LogP) is 1.62. The highest BCUT2D eigenvalue weighted by molar-refractivity contribution is 8.14. The van der Waals surface area contributed by atoms with E-state index >= 15 is 0 Å². The Morgan fingerprint density at radius 3 is 3.00 bits per heavy atom. The number of thioether (sulfide) groups is 1. The van der Waals surface area contributed by atoms with E-state index in [1.165, 1.54) is 5.56 Å². The van der Waals surface area contributed by atoms with Crippen molar-refractivity contribution in [1.82, 2.24) is 20.1 Å². The van der Waals surface area contributed by atoms with Gasteiger partial charge in [-0.2, -0.15) is 5.10 Å². The Balaban J connectivity index is 1.54. The molecule has 0 saturated carbocycles. The van der Waals surface area contributed by atoms with Gasteiger partial charge in [-0.05, 0) is 12.0 Å². The van der Waals surface area contributed by atoms with Crippen molar-refractivity contribution in [2.24, 2.45) is 12.0 Å². The minimum Gasteiger partial charge on any atom is -0.361 e. The molecule has 1 saturated heterocycles. The van der Waals surface area contributed by atoms with Gasteiger partial charge in [0.15, 0.2) is 11.0 Å². The molecule has 0 aliphatic carbocycles. The summed E-state index contributed by atoms with van der Waals surface area (Å²) in [5.41, 5.74) is 1.36. The first-order chi connectivity index (χ1) is 9.79. The van der Waals surface area contributed by atoms with Gasteiger partial charge in [0, 0.05) is 18.8 Å². The van der Waals surface area contributed by atoms with Crippen molar-refractivity contribution in [3.05, 3.63) is 48.0 Å². The summed E-state index contributed by atoms with van der Waals surface area (Å²) in [7, 11) is 1.86. The van der Waals surface area contributed by atoms with Crippen LogP contribution in [-0.4, -0.2) is 31.7 Å². The van der Waals surface area contributed by atoms with Gasteiger partial charge in [-0.3, -0.25) is 9.67 Å². The zero-order valence-electron chi connectivity index (χ0n) is 11.4. The minimum absolute atomic E-state index is 0.456. The number of hydrogen-bond donors (Lipinski definition) is 1. The number of hydrogen-bond acceptors (Lipinski definition) is 4. The average molecular weight is 287 g/mol. The van der Waals surface area contributed by atoms with Crippen LogP contribution in [0.4, 0.5) is 0 Å². The van der Waals surface area contributed by atoms with E-state index in [0.717, 1.165) is 23.2 Å². The summed E-state index contributed by atoms with van der Waals surface area (Å²) < 4.78 is 1.70. The quantitative estimate of drug-likeness (QED) is 0.928. The molecule has 5 nitrogen and oxygen atoms in total. The lowest BCUT2D eigenvalue weighted by atomic mass is 10.1. The number of amidine groups is 1. The van der Waals surface area contributed by atoms with Crippen LogP contribution in [0.5, 0.6) is 0 Å². The molecule has 2 aromatic rings. The van der Waals surface area contributed by atoms with Gasteiger partial charge < -0.3 is 5.32 Å². The lowest BCUT2D eigenvalue weighted by molar-refractivity contribution is 0.685. The van der Waals surface area contributed by atoms with Crippen molar-refractivity contribution >= 4 is 16.9 Å². The summed E-state index contributed by atoms with van der Waals surface area (Å²) in [5.74, 6) is 1.82. The monoisotopic (exact) mass is 287 g/mol. The summed E-state index contributed by atoms with van der Waals surface area (Å²) in [6.45, 7) is 0.536. The molecule has 0 amide bonds. The third-order valence-electron chi connectivity index (χ3n) is 3.08. The molecule has 3 rings (SSSR count). The minimum atomic E-state index is 0.456. The van der Waals surface area contributed by atoms with E-state index in [4.69, 9.17) is 0 Å². The van der Waals surface area contributed by atoms with Crippen molar-refractivity contribution in [3.8, 4) is 0 Å². The molecule has 20 heavy (non-hydrogen) atoms. The molecule has 1 aromatic heterocycles. The average Bonchev–Trinajstić information content (AvgIpc) is 3.07. The van der Waals surface area contributed by atoms with Gasteiger partial charge in [-0.1, -0.05) is 42.1 Å². The van der Waals surface area contributed by atoms with Crippen LogP contribution in [0.25, 0.3) is 0 Å². The van der Waals surface area contributed by atoms with Crippen LogP contribution >= 0.6 is 11.8 Å². The predicted molar refractivity (Wildman–Crippen MR) is 81.7 cm³/mol. The van der Waals surface area contributed by atoms with E-state index in [9.17, 15) is 0 Å². The van der Waals surface area contributed by atoms with E-state index in [1.54, 1.807) is 22.8 Å². The first kappa shape index (κ1) is 13.2. The molecule has 0 spiro atoms. The van der Waals surface area contributed by atoms with Gasteiger partial charge in [0.2, 0.25) is 0 Å². The number of nitrogens with zero attached hydrogens (tertiary/aromatic N) is 4. The Morgan fingerprint density at radius 1 is 1.40 bits per heavy atom. The first-order valence-corrected chi connectivity index (χ1v) is 7.60. The summed E-state index contributed by atoms with van der Waals surface area (Å²) in [6.07, 6.45) is 2.73. The molecule has 0 bridgehead atoms. The van der Waals surface area contributed by atoms with Crippen molar-refractivity contribution < 1.29 is 0 Å². The van der Waals surface area contributed by atoms with E-state index in [0.29, 0.717) is 12.6 Å². The van der Waals surface area contributed by atoms with Crippen molar-refractivity contribution in [2.45, 2.75) is 19.0 Å². The maximum Gasteiger partial charge on any atom is 0.172 e. The van der Waals surface area contributed by atoms with Crippen LogP contribution in [-0.2, 0) is 20.0 Å². The SMILES string of the molecule is Cn1cnc(CN=C2NC(Cc3ccccc3)CS2)n1. The Hall–Kier alpha value is -1.82. The zero-order chi connectivity index (χ0) is 13.8. The lowest BCUT2D eigenvalue weighted by Gasteiger charge is -2.09. The summed E-state index contributed by atoms with van der Waals surface area (Å²) >= 11 is 1.77.